The maximum atomic E-state index is 5.13. The van der Waals surface area contributed by atoms with Crippen LogP contribution in [0.3, 0.4) is 0 Å². The molecule has 0 aliphatic carbocycles. The molecule has 0 aliphatic rings. The van der Waals surface area contributed by atoms with Gasteiger partial charge in [0.15, 0.2) is 0 Å². The standard InChI is InChI=1S/2C52H32N6/c1-2-12-38-33(11-1)19-20-36-29-37(23-24-39(36)38)57-48-17-5-3-13-40(48)42-30-34(21-25-50(42)57)35-22-26-51-43(31-35)41-14-4-6-18-49(41)58(51)52-55-46(44-15-7-9-27-53-44)32-47(56-52)45-16-8-10-28-54-45;1-2-12-38-33(11-1)19-20-34-21-24-37(31-41(34)38)57-48-17-5-3-13-39(48)42-29-35(22-25-50(42)57)36-23-26-51-43(30-36)40-14-4-6-18-49(40)58(51)52-55-46(44-15-7-9-27-53-44)32-47(56-52)45-16-8-10-28-54-45/h2*1-32H. The van der Waals surface area contributed by atoms with E-state index < -0.39 is 0 Å². The van der Waals surface area contributed by atoms with Gasteiger partial charge in [0.25, 0.3) is 0 Å². The Balaban J connectivity index is 0.000000137. The average Bonchev–Trinajstić information content (AvgIpc) is 1.61. The monoisotopic (exact) mass is 1480 g/mol. The van der Waals surface area contributed by atoms with Crippen molar-refractivity contribution >= 4 is 130 Å². The van der Waals surface area contributed by atoms with E-state index in [0.717, 1.165) is 123 Å². The van der Waals surface area contributed by atoms with Crippen LogP contribution in [0.4, 0.5) is 0 Å². The molecule has 0 saturated heterocycles. The average molecular weight is 1480 g/mol. The third-order valence-corrected chi connectivity index (χ3v) is 22.9. The highest BCUT2D eigenvalue weighted by molar-refractivity contribution is 6.17. The minimum atomic E-state index is 0.568. The number of nitrogens with zero attached hydrogens (tertiary/aromatic N) is 12. The van der Waals surface area contributed by atoms with Crippen LogP contribution in [-0.4, -0.2) is 58.1 Å². The van der Waals surface area contributed by atoms with Crippen LogP contribution in [0, 0.1) is 0 Å². The number of benzene rings is 14. The first-order chi connectivity index (χ1) is 57.5. The van der Waals surface area contributed by atoms with E-state index >= 15 is 0 Å². The van der Waals surface area contributed by atoms with Gasteiger partial charge < -0.3 is 9.13 Å². The van der Waals surface area contributed by atoms with Crippen LogP contribution in [-0.2, 0) is 0 Å². The van der Waals surface area contributed by atoms with Crippen LogP contribution in [0.15, 0.2) is 389 Å². The molecular formula is C104H64N12. The minimum absolute atomic E-state index is 0.568. The minimum Gasteiger partial charge on any atom is -0.309 e. The van der Waals surface area contributed by atoms with Crippen molar-refractivity contribution in [3.8, 4) is 91.1 Å². The van der Waals surface area contributed by atoms with E-state index in [1.165, 1.54) is 86.7 Å². The molecule has 0 aliphatic heterocycles. The first kappa shape index (κ1) is 65.9. The number of aromatic nitrogens is 12. The summed E-state index contributed by atoms with van der Waals surface area (Å²) in [6, 6.07) is 129. The summed E-state index contributed by atoms with van der Waals surface area (Å²) in [6.07, 6.45) is 7.17. The highest BCUT2D eigenvalue weighted by atomic mass is 15.2. The summed E-state index contributed by atoms with van der Waals surface area (Å²) in [7, 11) is 0. The molecular weight excluding hydrogens is 1420 g/mol. The Labute approximate surface area is 664 Å². The molecule has 0 amide bonds. The lowest BCUT2D eigenvalue weighted by molar-refractivity contribution is 0.988. The van der Waals surface area contributed by atoms with Gasteiger partial charge >= 0.3 is 0 Å². The van der Waals surface area contributed by atoms with Crippen molar-refractivity contribution in [3.05, 3.63) is 389 Å². The summed E-state index contributed by atoms with van der Waals surface area (Å²) in [5.74, 6) is 1.14. The zero-order chi connectivity index (χ0) is 76.3. The second kappa shape index (κ2) is 26.9. The lowest BCUT2D eigenvalue weighted by Crippen LogP contribution is -2.04. The normalized spacial score (nSPS) is 11.8. The van der Waals surface area contributed by atoms with Gasteiger partial charge in [-0.2, -0.15) is 0 Å². The van der Waals surface area contributed by atoms with E-state index in [1.807, 2.05) is 84.9 Å². The van der Waals surface area contributed by atoms with Crippen LogP contribution in [0.25, 0.3) is 221 Å². The fraction of sp³-hybridized carbons (Fsp3) is 0. The number of para-hydroxylation sites is 4. The maximum Gasteiger partial charge on any atom is 0.235 e. The molecule has 12 nitrogen and oxygen atoms in total. The number of pyridine rings is 4. The Morgan fingerprint density at radius 2 is 0.431 bits per heavy atom. The molecule has 0 unspecified atom stereocenters. The molecule has 0 radical (unpaired) electrons. The SMILES string of the molecule is c1ccc(-c2cc(-c3ccccn3)nc(-n3c4ccccc4c4cc(-c5ccc6c(c5)c5ccccc5n6-c5ccc6c(ccc7ccccc76)c5)ccc43)n2)nc1.c1ccc(-c2cc(-c3ccccn3)nc(-n3c4ccccc4c4cc(-c5ccc6c(c5)c5ccccc5n6-c5ccc6ccc7ccccc7c6c5)ccc43)n2)nc1. The lowest BCUT2D eigenvalue weighted by Gasteiger charge is -2.12. The number of rotatable bonds is 10. The van der Waals surface area contributed by atoms with Crippen molar-refractivity contribution < 1.29 is 0 Å². The van der Waals surface area contributed by atoms with Gasteiger partial charge in [-0.25, -0.2) is 19.9 Å². The predicted octanol–water partition coefficient (Wildman–Crippen LogP) is 25.5. The summed E-state index contributed by atoms with van der Waals surface area (Å²) >= 11 is 0. The summed E-state index contributed by atoms with van der Waals surface area (Å²) in [4.78, 5) is 39.1. The number of hydrogen-bond donors (Lipinski definition) is 0. The van der Waals surface area contributed by atoms with Crippen molar-refractivity contribution in [1.82, 2.24) is 58.1 Å². The zero-order valence-electron chi connectivity index (χ0n) is 62.3. The van der Waals surface area contributed by atoms with E-state index in [2.05, 4.69) is 317 Å². The van der Waals surface area contributed by atoms with Crippen molar-refractivity contribution in [1.29, 1.82) is 0 Å². The molecule has 0 spiro atoms. The molecule has 12 heteroatoms. The van der Waals surface area contributed by atoms with Crippen LogP contribution < -0.4 is 0 Å². The maximum absolute atomic E-state index is 5.13. The first-order valence-corrected chi connectivity index (χ1v) is 38.9. The molecule has 0 N–H and O–H groups in total. The molecule has 116 heavy (non-hydrogen) atoms. The number of fused-ring (bicyclic) bond motifs is 18. The van der Waals surface area contributed by atoms with Gasteiger partial charge in [-0.15, -0.1) is 0 Å². The van der Waals surface area contributed by atoms with E-state index in [0.29, 0.717) is 11.9 Å². The van der Waals surface area contributed by atoms with Gasteiger partial charge in [0.2, 0.25) is 11.9 Å². The summed E-state index contributed by atoms with van der Waals surface area (Å²) in [6.45, 7) is 0. The van der Waals surface area contributed by atoms with Crippen LogP contribution in [0.5, 0.6) is 0 Å². The third-order valence-electron chi connectivity index (χ3n) is 22.9. The van der Waals surface area contributed by atoms with Gasteiger partial charge in [0, 0.05) is 79.3 Å². The van der Waals surface area contributed by atoms with Crippen LogP contribution in [0.2, 0.25) is 0 Å². The second-order valence-electron chi connectivity index (χ2n) is 29.5. The third kappa shape index (κ3) is 11.0. The first-order valence-electron chi connectivity index (χ1n) is 38.9. The van der Waals surface area contributed by atoms with Gasteiger partial charge in [-0.3, -0.25) is 29.1 Å². The zero-order valence-corrected chi connectivity index (χ0v) is 62.3. The van der Waals surface area contributed by atoms with E-state index in [-0.39, 0.29) is 0 Å². The quantitative estimate of drug-likeness (QED) is 0.124. The van der Waals surface area contributed by atoms with E-state index in [1.54, 1.807) is 24.8 Å². The molecule has 14 aromatic carbocycles. The molecule has 0 saturated carbocycles. The highest BCUT2D eigenvalue weighted by Gasteiger charge is 2.24. The Morgan fingerprint density at radius 3 is 0.810 bits per heavy atom. The molecule has 24 aromatic rings. The largest absolute Gasteiger partial charge is 0.309 e. The Morgan fingerprint density at radius 1 is 0.155 bits per heavy atom. The smallest absolute Gasteiger partial charge is 0.235 e. The van der Waals surface area contributed by atoms with E-state index in [4.69, 9.17) is 19.9 Å². The molecule has 10 heterocycles. The fourth-order valence-electron chi connectivity index (χ4n) is 17.5. The summed E-state index contributed by atoms with van der Waals surface area (Å²) in [5, 5.41) is 19.5. The topological polar surface area (TPSA) is 123 Å². The Kier molecular flexibility index (Phi) is 15.3. The molecule has 540 valence electrons. The van der Waals surface area contributed by atoms with Crippen molar-refractivity contribution in [3.63, 3.8) is 0 Å². The molecule has 10 aromatic heterocycles. The Bertz CT molecular complexity index is 7970. The fourth-order valence-corrected chi connectivity index (χ4v) is 17.5. The second-order valence-corrected chi connectivity index (χ2v) is 29.5. The van der Waals surface area contributed by atoms with Crippen LogP contribution in [0.1, 0.15) is 0 Å². The van der Waals surface area contributed by atoms with Gasteiger partial charge in [0.05, 0.1) is 89.7 Å². The Hall–Kier alpha value is -15.9. The van der Waals surface area contributed by atoms with Gasteiger partial charge in [-0.05, 0) is 223 Å². The molecule has 0 bridgehead atoms. The van der Waals surface area contributed by atoms with E-state index in [9.17, 15) is 0 Å². The van der Waals surface area contributed by atoms with Gasteiger partial charge in [-0.1, -0.05) is 206 Å². The molecule has 24 rings (SSSR count). The van der Waals surface area contributed by atoms with Crippen molar-refractivity contribution in [2.75, 3.05) is 0 Å². The van der Waals surface area contributed by atoms with Crippen molar-refractivity contribution in [2.24, 2.45) is 0 Å². The number of hydrogen-bond acceptors (Lipinski definition) is 8. The summed E-state index contributed by atoms with van der Waals surface area (Å²) in [5.41, 5.74) is 21.8. The van der Waals surface area contributed by atoms with Crippen LogP contribution >= 0.6 is 0 Å². The van der Waals surface area contributed by atoms with Crippen molar-refractivity contribution in [2.45, 2.75) is 0 Å². The molecule has 0 fully saturated rings. The summed E-state index contributed by atoms with van der Waals surface area (Å²) < 4.78 is 9.14. The van der Waals surface area contributed by atoms with Gasteiger partial charge in [0.1, 0.15) is 0 Å². The predicted molar refractivity (Wildman–Crippen MR) is 475 cm³/mol. The lowest BCUT2D eigenvalue weighted by atomic mass is 10.0. The highest BCUT2D eigenvalue weighted by Crippen LogP contribution is 2.43. The molecule has 0 atom stereocenters.